The molecule has 0 unspecified atom stereocenters. The van der Waals surface area contributed by atoms with Gasteiger partial charge in [-0.3, -0.25) is 0 Å². The maximum absolute atomic E-state index is 11.7. The molecule has 1 amide bonds. The Morgan fingerprint density at radius 3 is 3.24 bits per heavy atom. The van der Waals surface area contributed by atoms with Crippen LogP contribution in [0.25, 0.3) is 10.9 Å². The van der Waals surface area contributed by atoms with E-state index in [0.717, 1.165) is 11.2 Å². The number of hydrogen-bond donors (Lipinski definition) is 2. The fourth-order valence-electron chi connectivity index (χ4n) is 1.89. The van der Waals surface area contributed by atoms with Gasteiger partial charge in [-0.25, -0.2) is 4.79 Å². The van der Waals surface area contributed by atoms with Crippen LogP contribution in [0.15, 0.2) is 24.3 Å². The van der Waals surface area contributed by atoms with E-state index in [1.807, 2.05) is 0 Å². The average molecular weight is 297 g/mol. The Hall–Kier alpha value is -2.01. The number of benzene rings is 1. The van der Waals surface area contributed by atoms with E-state index >= 15 is 0 Å². The molecule has 2 heterocycles. The Kier molecular flexibility index (Phi) is 1.76. The minimum atomic E-state index is -2.93. The van der Waals surface area contributed by atoms with Crippen LogP contribution in [0.5, 0.6) is 0 Å². The highest BCUT2D eigenvalue weighted by molar-refractivity contribution is 5.84. The van der Waals surface area contributed by atoms with E-state index in [0.29, 0.717) is 0 Å². The summed E-state index contributed by atoms with van der Waals surface area (Å²) in [5.41, 5.74) is -0.547. The molecule has 5 heteroatoms. The van der Waals surface area contributed by atoms with E-state index in [4.69, 9.17) is 13.8 Å². The zero-order valence-electron chi connectivity index (χ0n) is 21.6. The number of amides is 1. The van der Waals surface area contributed by atoms with Crippen LogP contribution in [-0.4, -0.2) is 49.2 Å². The summed E-state index contributed by atoms with van der Waals surface area (Å²) in [5, 5.41) is -0.120. The van der Waals surface area contributed by atoms with Crippen molar-refractivity contribution in [2.45, 2.75) is 18.8 Å². The van der Waals surface area contributed by atoms with Crippen molar-refractivity contribution in [3.63, 3.8) is 0 Å². The predicted octanol–water partition coefficient (Wildman–Crippen LogP) is 1.92. The molecule has 1 aliphatic rings. The first-order valence-electron chi connectivity index (χ1n) is 11.2. The van der Waals surface area contributed by atoms with E-state index < -0.39 is 49.6 Å². The Morgan fingerprint density at radius 1 is 1.67 bits per heavy atom. The van der Waals surface area contributed by atoms with E-state index in [-0.39, 0.29) is 33.9 Å². The summed E-state index contributed by atoms with van der Waals surface area (Å²) >= 11 is 0. The maximum Gasteiger partial charge on any atom is 0.407 e. The number of nitrogens with one attached hydrogen (secondary N) is 2. The van der Waals surface area contributed by atoms with Gasteiger partial charge in [-0.1, -0.05) is 6.04 Å². The molecule has 0 spiro atoms. The van der Waals surface area contributed by atoms with Gasteiger partial charge in [-0.2, -0.15) is 0 Å². The maximum atomic E-state index is 11.7. The lowest BCUT2D eigenvalue weighted by atomic mass is 10.0. The number of alkyl carbamates (subject to hydrolysis) is 1. The Morgan fingerprint density at radius 2 is 2.52 bits per heavy atom. The summed E-state index contributed by atoms with van der Waals surface area (Å²) in [7, 11) is 3.29. The predicted molar refractivity (Wildman–Crippen MR) is 82.5 cm³/mol. The minimum Gasteiger partial charge on any atom is -0.447 e. The number of rotatable bonds is 5. The molecule has 1 aromatic heterocycles. The first kappa shape index (κ1) is 6.40. The van der Waals surface area contributed by atoms with Crippen LogP contribution in [0.1, 0.15) is 22.1 Å². The smallest absolute Gasteiger partial charge is 0.407 e. The second kappa shape index (κ2) is 5.77. The molecule has 1 aromatic carbocycles. The molecule has 0 bridgehead atoms. The fourth-order valence-corrected chi connectivity index (χ4v) is 1.89. The van der Waals surface area contributed by atoms with Gasteiger partial charge in [0.05, 0.1) is 14.2 Å². The molecule has 2 N–H and O–H groups in total. The third-order valence-corrected chi connectivity index (χ3v) is 2.85. The largest absolute Gasteiger partial charge is 0.447 e. The number of ether oxygens (including phenoxy) is 1. The summed E-state index contributed by atoms with van der Waals surface area (Å²) in [4.78, 5) is 14.0. The zero-order valence-corrected chi connectivity index (χ0v) is 11.6. The van der Waals surface area contributed by atoms with Crippen molar-refractivity contribution in [1.82, 2.24) is 15.2 Å². The highest BCUT2D eigenvalue weighted by Gasteiger charge is 2.22. The number of nitrogens with zero attached hydrogens (tertiary/aromatic N) is 1. The molecule has 0 radical (unpaired) electrons. The number of carbonyl (C=O) groups is 1. The zero-order chi connectivity index (χ0) is 23.7. The Labute approximate surface area is 138 Å². The first-order chi connectivity index (χ1) is 14.0. The number of likely N-dealkylation sites (N-methyl/N-ethyl adjacent to an activating group) is 1. The highest BCUT2D eigenvalue weighted by Crippen LogP contribution is 2.21. The second-order valence-electron chi connectivity index (χ2n) is 4.87. The van der Waals surface area contributed by atoms with Gasteiger partial charge in [0, 0.05) is 26.4 Å². The van der Waals surface area contributed by atoms with Crippen LogP contribution in [-0.2, 0) is 17.5 Å². The molecular formula is C16H21N3O2. The lowest BCUT2D eigenvalue weighted by molar-refractivity contribution is 0.177. The van der Waals surface area contributed by atoms with Gasteiger partial charge >= 0.3 is 6.09 Å². The van der Waals surface area contributed by atoms with E-state index in [1.54, 1.807) is 19.0 Å². The number of carbonyl (C=O) groups excluding carboxylic acids is 1. The van der Waals surface area contributed by atoms with Crippen LogP contribution in [0.3, 0.4) is 0 Å². The summed E-state index contributed by atoms with van der Waals surface area (Å²) in [6.07, 6.45) is -3.11. The van der Waals surface area contributed by atoms with Gasteiger partial charge in [-0.15, -0.1) is 0 Å². The topological polar surface area (TPSA) is 57.4 Å². The van der Waals surface area contributed by atoms with E-state index in [2.05, 4.69) is 4.74 Å². The molecule has 1 aliphatic heterocycles. The van der Waals surface area contributed by atoms with Gasteiger partial charge in [0.15, 0.2) is 2.82 Å². The quantitative estimate of drug-likeness (QED) is 0.886. The van der Waals surface area contributed by atoms with Gasteiger partial charge in [0.2, 0.25) is 0 Å². The highest BCUT2D eigenvalue weighted by atomic mass is 16.6. The second-order valence-corrected chi connectivity index (χ2v) is 4.87. The molecule has 5 nitrogen and oxygen atoms in total. The molecular weight excluding hydrogens is 266 g/mol. The number of aromatic nitrogens is 1. The molecule has 2 aromatic rings. The van der Waals surface area contributed by atoms with Crippen molar-refractivity contribution >= 4 is 17.0 Å². The van der Waals surface area contributed by atoms with Crippen LogP contribution in [0.2, 0.25) is 2.82 Å². The summed E-state index contributed by atoms with van der Waals surface area (Å²) < 4.78 is 86.3. The van der Waals surface area contributed by atoms with E-state index in [9.17, 15) is 4.79 Å². The molecule has 0 aliphatic carbocycles. The summed E-state index contributed by atoms with van der Waals surface area (Å²) in [6.45, 7) is -3.02. The molecule has 1 fully saturated rings. The van der Waals surface area contributed by atoms with Crippen molar-refractivity contribution in [3.05, 3.63) is 35.5 Å². The molecule has 0 saturated carbocycles. The van der Waals surface area contributed by atoms with Gasteiger partial charge in [0.25, 0.3) is 0 Å². The van der Waals surface area contributed by atoms with Crippen molar-refractivity contribution in [1.29, 1.82) is 0 Å². The molecule has 1 saturated heterocycles. The number of aromatic amines is 1. The van der Waals surface area contributed by atoms with Gasteiger partial charge in [-0.05, 0) is 50.1 Å². The Bertz CT molecular complexity index is 1070. The lowest BCUT2D eigenvalue weighted by Crippen LogP contribution is -2.28. The molecule has 3 rings (SSSR count). The van der Waals surface area contributed by atoms with Crippen LogP contribution in [0.4, 0.5) is 4.79 Å². The molecule has 21 heavy (non-hydrogen) atoms. The third-order valence-electron chi connectivity index (χ3n) is 2.85. The standard InChI is InChI=1S/C16H21N3O2/c1-19(2)6-5-12-9-17-15-4-3-11(8-14(12)15)7-13-10-21-16(20)18-13/h3-4,8-9,13,17H,5-7,10H2,1-2H3,(H,18,20)/t13-/m0/s1/i3D,4D,5D2,8D,10D2,13D/hD2. The van der Waals surface area contributed by atoms with Crippen LogP contribution >= 0.6 is 0 Å². The normalized spacial score (nSPS) is 32.1. The SMILES string of the molecule is [2H]c1c(C[C@]2([2H])N([2H])C(=O)OC2([2H])[2H])c([2H])c2c(C([2H])([2H])CN(C)C)cn([2H])c2c1[2H]. The van der Waals surface area contributed by atoms with Crippen LogP contribution in [0, 0.1) is 0 Å². The monoisotopic (exact) mass is 297 g/mol. The average Bonchev–Trinajstić information content (AvgIpc) is 3.05. The lowest BCUT2D eigenvalue weighted by Gasteiger charge is -2.09. The van der Waals surface area contributed by atoms with Gasteiger partial charge < -0.3 is 19.9 Å². The van der Waals surface area contributed by atoms with Crippen molar-refractivity contribution in [3.8, 4) is 0 Å². The van der Waals surface area contributed by atoms with Crippen LogP contribution < -0.4 is 5.31 Å². The fraction of sp³-hybridized carbons (Fsp3) is 0.438. The van der Waals surface area contributed by atoms with Crippen molar-refractivity contribution in [2.24, 2.45) is 0 Å². The summed E-state index contributed by atoms with van der Waals surface area (Å²) in [6, 6.07) is -4.18. The van der Waals surface area contributed by atoms with Crippen molar-refractivity contribution in [2.75, 3.05) is 27.2 Å². The number of H-pyrrole nitrogens is 1. The van der Waals surface area contributed by atoms with Crippen molar-refractivity contribution < 1.29 is 23.3 Å². The first-order valence-corrected chi connectivity index (χ1v) is 6.35. The minimum absolute atomic E-state index is 0.0123. The number of hydrogen-bond acceptors (Lipinski definition) is 3. The molecule has 112 valence electrons. The van der Waals surface area contributed by atoms with E-state index in [1.165, 1.54) is 0 Å². The third kappa shape index (κ3) is 3.19. The number of fused-ring (bicyclic) bond motifs is 1. The summed E-state index contributed by atoms with van der Waals surface area (Å²) in [5.74, 6) is 0. The number of cyclic esters (lactones) is 1. The Balaban J connectivity index is 2.28. The van der Waals surface area contributed by atoms with Gasteiger partial charge in [0.1, 0.15) is 6.56 Å². The molecule has 1 atom stereocenters.